The lowest BCUT2D eigenvalue weighted by molar-refractivity contribution is -0.0459. The first-order valence-corrected chi connectivity index (χ1v) is 7.29. The van der Waals surface area contributed by atoms with Crippen LogP contribution in [0, 0.1) is 0 Å². The van der Waals surface area contributed by atoms with Gasteiger partial charge in [-0.05, 0) is 24.4 Å². The van der Waals surface area contributed by atoms with Gasteiger partial charge in [-0.1, -0.05) is 4.49 Å². The minimum absolute atomic E-state index is 0.0442. The third-order valence-corrected chi connectivity index (χ3v) is 4.42. The maximum Gasteiger partial charge on any atom is 0.275 e. The minimum Gasteiger partial charge on any atom is -0.379 e. The van der Waals surface area contributed by atoms with Crippen LogP contribution in [0.2, 0.25) is 0 Å². The monoisotopic (exact) mass is 283 g/mol. The molecule has 0 N–H and O–H groups in total. The van der Waals surface area contributed by atoms with Crippen LogP contribution in [0.15, 0.2) is 5.38 Å². The summed E-state index contributed by atoms with van der Waals surface area (Å²) in [5.74, 6) is -0.0442. The molecule has 0 saturated carbocycles. The van der Waals surface area contributed by atoms with Gasteiger partial charge in [0.15, 0.2) is 5.69 Å². The summed E-state index contributed by atoms with van der Waals surface area (Å²) < 4.78 is 15.0. The summed E-state index contributed by atoms with van der Waals surface area (Å²) in [6.45, 7) is 2.01. The zero-order valence-electron chi connectivity index (χ0n) is 10.9. The molecule has 2 aliphatic heterocycles. The Bertz CT molecular complexity index is 453. The number of piperidine rings is 1. The topological polar surface area (TPSA) is 64.6 Å². The number of ether oxygens (including phenoxy) is 2. The van der Waals surface area contributed by atoms with Crippen molar-refractivity contribution in [1.82, 2.24) is 14.5 Å². The van der Waals surface area contributed by atoms with E-state index in [1.807, 2.05) is 4.90 Å². The van der Waals surface area contributed by atoms with Gasteiger partial charge >= 0.3 is 0 Å². The molecule has 3 heterocycles. The first-order chi connectivity index (χ1) is 9.22. The summed E-state index contributed by atoms with van der Waals surface area (Å²) in [7, 11) is 1.71. The summed E-state index contributed by atoms with van der Waals surface area (Å²) >= 11 is 1.20. The van der Waals surface area contributed by atoms with Crippen molar-refractivity contribution in [2.75, 3.05) is 26.8 Å². The Balaban J connectivity index is 1.70. The number of likely N-dealkylation sites (tertiary alicyclic amines) is 1. The van der Waals surface area contributed by atoms with Gasteiger partial charge in [0.25, 0.3) is 5.91 Å². The average Bonchev–Trinajstić information content (AvgIpc) is 3.08. The van der Waals surface area contributed by atoms with Crippen LogP contribution in [0.1, 0.15) is 29.8 Å². The van der Waals surface area contributed by atoms with Gasteiger partial charge in [0.1, 0.15) is 0 Å². The summed E-state index contributed by atoms with van der Waals surface area (Å²) in [5, 5.41) is 5.54. The van der Waals surface area contributed by atoms with Crippen molar-refractivity contribution in [1.29, 1.82) is 0 Å². The molecule has 7 heteroatoms. The highest BCUT2D eigenvalue weighted by Crippen LogP contribution is 2.35. The highest BCUT2D eigenvalue weighted by atomic mass is 32.1. The van der Waals surface area contributed by atoms with Gasteiger partial charge in [-0.2, -0.15) is 0 Å². The van der Waals surface area contributed by atoms with E-state index < -0.39 is 0 Å². The fraction of sp³-hybridized carbons (Fsp3) is 0.750. The molecule has 2 aliphatic rings. The van der Waals surface area contributed by atoms with E-state index in [1.54, 1.807) is 12.5 Å². The molecule has 0 radical (unpaired) electrons. The van der Waals surface area contributed by atoms with E-state index in [0.717, 1.165) is 25.8 Å². The first-order valence-electron chi connectivity index (χ1n) is 6.45. The van der Waals surface area contributed by atoms with Crippen LogP contribution < -0.4 is 0 Å². The number of carbonyl (C=O) groups excluding carboxylic acids is 1. The number of methoxy groups -OCH3 is 1. The quantitative estimate of drug-likeness (QED) is 0.808. The second-order valence-electron chi connectivity index (χ2n) is 5.18. The van der Waals surface area contributed by atoms with Gasteiger partial charge in [-0.25, -0.2) is 0 Å². The maximum absolute atomic E-state index is 12.3. The minimum atomic E-state index is -0.224. The standard InChI is InChI=1S/C12H17N3O3S/c1-17-9-5-12(18-6-9)3-2-4-15(8-12)11(16)10-7-19-14-13-10/h7,9H,2-6,8H2,1H3/t9-,12+/m0/s1. The normalized spacial score (nSPS) is 31.0. The molecule has 0 unspecified atom stereocenters. The summed E-state index contributed by atoms with van der Waals surface area (Å²) in [6, 6.07) is 0. The van der Waals surface area contributed by atoms with Gasteiger partial charge in [-0.15, -0.1) is 5.10 Å². The number of carbonyl (C=O) groups is 1. The molecular weight excluding hydrogens is 266 g/mol. The summed E-state index contributed by atoms with van der Waals surface area (Å²) in [6.07, 6.45) is 2.96. The number of hydrogen-bond acceptors (Lipinski definition) is 6. The van der Waals surface area contributed by atoms with Gasteiger partial charge in [0.05, 0.1) is 24.9 Å². The maximum atomic E-state index is 12.3. The molecule has 1 amide bonds. The van der Waals surface area contributed by atoms with E-state index in [9.17, 15) is 4.79 Å². The van der Waals surface area contributed by atoms with E-state index in [0.29, 0.717) is 18.8 Å². The largest absolute Gasteiger partial charge is 0.379 e. The second-order valence-corrected chi connectivity index (χ2v) is 5.79. The molecule has 19 heavy (non-hydrogen) atoms. The molecule has 3 rings (SSSR count). The Labute approximate surface area is 115 Å². The highest BCUT2D eigenvalue weighted by molar-refractivity contribution is 7.03. The Kier molecular flexibility index (Phi) is 3.51. The predicted octanol–water partition coefficient (Wildman–Crippen LogP) is 0.948. The smallest absolute Gasteiger partial charge is 0.275 e. The van der Waals surface area contributed by atoms with Crippen LogP contribution in [0.5, 0.6) is 0 Å². The van der Waals surface area contributed by atoms with Crippen LogP contribution in [-0.2, 0) is 9.47 Å². The third-order valence-electron chi connectivity index (χ3n) is 3.91. The van der Waals surface area contributed by atoms with E-state index in [2.05, 4.69) is 9.59 Å². The Morgan fingerprint density at radius 2 is 2.58 bits per heavy atom. The van der Waals surface area contributed by atoms with Crippen molar-refractivity contribution >= 4 is 17.4 Å². The molecule has 2 saturated heterocycles. The molecule has 1 aromatic heterocycles. The van der Waals surface area contributed by atoms with E-state index >= 15 is 0 Å². The van der Waals surface area contributed by atoms with E-state index in [4.69, 9.17) is 9.47 Å². The number of aromatic nitrogens is 2. The molecule has 2 atom stereocenters. The van der Waals surface area contributed by atoms with Gasteiger partial charge in [0.2, 0.25) is 0 Å². The molecular formula is C12H17N3O3S. The van der Waals surface area contributed by atoms with E-state index in [-0.39, 0.29) is 17.6 Å². The molecule has 1 aromatic rings. The van der Waals surface area contributed by atoms with Crippen molar-refractivity contribution in [3.05, 3.63) is 11.1 Å². The summed E-state index contributed by atoms with van der Waals surface area (Å²) in [4.78, 5) is 14.1. The molecule has 1 spiro atoms. The zero-order chi connectivity index (χ0) is 13.3. The fourth-order valence-corrected chi connectivity index (χ4v) is 3.36. The van der Waals surface area contributed by atoms with Crippen LogP contribution in [0.4, 0.5) is 0 Å². The Morgan fingerprint density at radius 3 is 3.26 bits per heavy atom. The van der Waals surface area contributed by atoms with Crippen LogP contribution in [0.25, 0.3) is 0 Å². The lowest BCUT2D eigenvalue weighted by Gasteiger charge is -2.39. The number of hydrogen-bond donors (Lipinski definition) is 0. The van der Waals surface area contributed by atoms with Gasteiger partial charge < -0.3 is 14.4 Å². The SMILES string of the molecule is CO[C@@H]1CO[C@]2(CCCN(C(=O)c3csnn3)C2)C1. The molecule has 2 fully saturated rings. The highest BCUT2D eigenvalue weighted by Gasteiger charge is 2.44. The molecule has 104 valence electrons. The fourth-order valence-electron chi connectivity index (χ4n) is 2.93. The lowest BCUT2D eigenvalue weighted by atomic mass is 9.89. The van der Waals surface area contributed by atoms with Crippen molar-refractivity contribution < 1.29 is 14.3 Å². The van der Waals surface area contributed by atoms with Crippen LogP contribution in [0.3, 0.4) is 0 Å². The summed E-state index contributed by atoms with van der Waals surface area (Å²) in [5.41, 5.74) is 0.209. The van der Waals surface area contributed by atoms with Crippen LogP contribution >= 0.6 is 11.5 Å². The van der Waals surface area contributed by atoms with Crippen molar-refractivity contribution in [2.45, 2.75) is 31.0 Å². The lowest BCUT2D eigenvalue weighted by Crippen LogP contribution is -2.50. The third kappa shape index (κ3) is 2.50. The average molecular weight is 283 g/mol. The van der Waals surface area contributed by atoms with Crippen molar-refractivity contribution in [2.24, 2.45) is 0 Å². The van der Waals surface area contributed by atoms with Crippen molar-refractivity contribution in [3.63, 3.8) is 0 Å². The Morgan fingerprint density at radius 1 is 1.68 bits per heavy atom. The first kappa shape index (κ1) is 13.0. The number of nitrogens with zero attached hydrogens (tertiary/aromatic N) is 3. The number of amides is 1. The molecule has 0 bridgehead atoms. The second kappa shape index (κ2) is 5.15. The molecule has 0 aliphatic carbocycles. The van der Waals surface area contributed by atoms with Crippen molar-refractivity contribution in [3.8, 4) is 0 Å². The predicted molar refractivity (Wildman–Crippen MR) is 69.1 cm³/mol. The molecule has 0 aromatic carbocycles. The zero-order valence-corrected chi connectivity index (χ0v) is 11.7. The Hall–Kier alpha value is -1.05. The van der Waals surface area contributed by atoms with Crippen LogP contribution in [-0.4, -0.2) is 58.9 Å². The van der Waals surface area contributed by atoms with E-state index in [1.165, 1.54) is 11.5 Å². The number of rotatable bonds is 2. The molecule has 6 nitrogen and oxygen atoms in total. The van der Waals surface area contributed by atoms with Gasteiger partial charge in [0, 0.05) is 25.5 Å². The van der Waals surface area contributed by atoms with Gasteiger partial charge in [-0.3, -0.25) is 4.79 Å².